The number of nitrogens with one attached hydrogen (secondary N) is 1. The molecule has 10 heteroatoms. The van der Waals surface area contributed by atoms with Crippen LogP contribution in [-0.4, -0.2) is 67.4 Å². The standard InChI is InChI=1S/C20H21N7OS2/c1-26-5-2-20(3-6-26)4-7-27(20)19-25-18-17(30-19)24-16(29-18)15-14(28)8-12(9-21-15)13-10-22-23-11-13/h8-11,28H,2-7H2,1H3,(H,22,23). The van der Waals surface area contributed by atoms with Crippen molar-refractivity contribution in [2.75, 3.05) is 31.6 Å². The van der Waals surface area contributed by atoms with Crippen LogP contribution in [0, 0.1) is 0 Å². The van der Waals surface area contributed by atoms with Crippen LogP contribution in [-0.2, 0) is 0 Å². The van der Waals surface area contributed by atoms with Crippen LogP contribution in [0.15, 0.2) is 24.7 Å². The number of aromatic amines is 1. The van der Waals surface area contributed by atoms with Gasteiger partial charge in [0.05, 0.1) is 6.20 Å². The van der Waals surface area contributed by atoms with E-state index in [1.807, 2.05) is 0 Å². The van der Waals surface area contributed by atoms with Crippen LogP contribution in [0.2, 0.25) is 0 Å². The van der Waals surface area contributed by atoms with E-state index in [2.05, 4.69) is 32.0 Å². The summed E-state index contributed by atoms with van der Waals surface area (Å²) in [5, 5.41) is 19.0. The number of aromatic hydroxyl groups is 1. The van der Waals surface area contributed by atoms with Gasteiger partial charge in [-0.05, 0) is 32.4 Å². The molecule has 30 heavy (non-hydrogen) atoms. The highest BCUT2D eigenvalue weighted by Gasteiger charge is 2.47. The van der Waals surface area contributed by atoms with Crippen molar-refractivity contribution in [3.63, 3.8) is 0 Å². The number of hydrogen-bond donors (Lipinski definition) is 2. The van der Waals surface area contributed by atoms with E-state index in [-0.39, 0.29) is 11.3 Å². The maximum atomic E-state index is 10.5. The Bertz CT molecular complexity index is 1180. The Labute approximate surface area is 181 Å². The lowest BCUT2D eigenvalue weighted by Crippen LogP contribution is -2.64. The molecule has 6 rings (SSSR count). The first kappa shape index (κ1) is 18.2. The van der Waals surface area contributed by atoms with Crippen molar-refractivity contribution in [1.82, 2.24) is 30.0 Å². The molecular weight excluding hydrogens is 418 g/mol. The molecule has 1 spiro atoms. The number of rotatable bonds is 3. The minimum Gasteiger partial charge on any atom is -0.506 e. The zero-order valence-electron chi connectivity index (χ0n) is 16.5. The highest BCUT2D eigenvalue weighted by Crippen LogP contribution is 2.46. The van der Waals surface area contributed by atoms with Gasteiger partial charge in [-0.3, -0.25) is 5.10 Å². The van der Waals surface area contributed by atoms with E-state index >= 15 is 0 Å². The molecule has 0 saturated carbocycles. The minimum atomic E-state index is 0.114. The van der Waals surface area contributed by atoms with Gasteiger partial charge in [-0.15, -0.1) is 0 Å². The SMILES string of the molecule is CN1CCC2(CC1)CCN2c1nc2sc(-c3ncc(-c4cn[nH]c4)cc3O)nc2s1. The van der Waals surface area contributed by atoms with Gasteiger partial charge >= 0.3 is 0 Å². The summed E-state index contributed by atoms with van der Waals surface area (Å²) in [6.45, 7) is 3.38. The second-order valence-electron chi connectivity index (χ2n) is 8.13. The van der Waals surface area contributed by atoms with Gasteiger partial charge in [0.1, 0.15) is 16.5 Å². The summed E-state index contributed by atoms with van der Waals surface area (Å²) in [6, 6.07) is 1.70. The van der Waals surface area contributed by atoms with Gasteiger partial charge in [0.2, 0.25) is 0 Å². The Balaban J connectivity index is 1.28. The van der Waals surface area contributed by atoms with Crippen LogP contribution >= 0.6 is 22.7 Å². The molecule has 0 radical (unpaired) electrons. The third-order valence-corrected chi connectivity index (χ3v) is 8.45. The van der Waals surface area contributed by atoms with E-state index in [0.29, 0.717) is 10.7 Å². The van der Waals surface area contributed by atoms with Crippen LogP contribution < -0.4 is 4.90 Å². The molecular formula is C20H21N7OS2. The average Bonchev–Trinajstić information content (AvgIpc) is 3.44. The predicted octanol–water partition coefficient (Wildman–Crippen LogP) is 3.59. The Hall–Kier alpha value is -2.56. The number of piperidine rings is 1. The smallest absolute Gasteiger partial charge is 0.189 e. The number of thiazole rings is 2. The molecule has 0 aromatic carbocycles. The fraction of sp³-hybridized carbons (Fsp3) is 0.400. The second kappa shape index (κ2) is 6.73. The number of nitrogens with zero attached hydrogens (tertiary/aromatic N) is 6. The van der Waals surface area contributed by atoms with Crippen LogP contribution in [0.3, 0.4) is 0 Å². The second-order valence-corrected chi connectivity index (χ2v) is 10.1. The normalized spacial score (nSPS) is 18.9. The van der Waals surface area contributed by atoms with Crippen LogP contribution in [0.25, 0.3) is 31.5 Å². The molecule has 8 nitrogen and oxygen atoms in total. The summed E-state index contributed by atoms with van der Waals surface area (Å²) in [7, 11) is 2.20. The monoisotopic (exact) mass is 439 g/mol. The number of likely N-dealkylation sites (tertiary alicyclic amines) is 1. The Morgan fingerprint density at radius 3 is 2.50 bits per heavy atom. The van der Waals surface area contributed by atoms with Gasteiger partial charge in [0.15, 0.2) is 14.8 Å². The third-order valence-electron chi connectivity index (χ3n) is 6.39. The number of hydrogen-bond acceptors (Lipinski definition) is 9. The average molecular weight is 440 g/mol. The van der Waals surface area contributed by atoms with E-state index in [1.165, 1.54) is 30.6 Å². The summed E-state index contributed by atoms with van der Waals surface area (Å²) in [4.78, 5) is 20.8. The molecule has 0 unspecified atom stereocenters. The lowest BCUT2D eigenvalue weighted by atomic mass is 9.77. The first-order valence-electron chi connectivity index (χ1n) is 10.0. The lowest BCUT2D eigenvalue weighted by Gasteiger charge is -2.56. The van der Waals surface area contributed by atoms with Crippen LogP contribution in [0.1, 0.15) is 19.3 Å². The summed E-state index contributed by atoms with van der Waals surface area (Å²) in [5.41, 5.74) is 2.48. The van der Waals surface area contributed by atoms with Gasteiger partial charge in [0, 0.05) is 48.7 Å². The molecule has 2 aliphatic rings. The summed E-state index contributed by atoms with van der Waals surface area (Å²) >= 11 is 3.14. The maximum Gasteiger partial charge on any atom is 0.189 e. The molecule has 4 aromatic heterocycles. The molecule has 2 saturated heterocycles. The molecule has 4 aromatic rings. The van der Waals surface area contributed by atoms with Crippen molar-refractivity contribution in [1.29, 1.82) is 0 Å². The van der Waals surface area contributed by atoms with E-state index in [0.717, 1.165) is 45.6 Å². The Morgan fingerprint density at radius 1 is 1.03 bits per heavy atom. The van der Waals surface area contributed by atoms with Crippen LogP contribution in [0.4, 0.5) is 5.13 Å². The fourth-order valence-corrected chi connectivity index (χ4v) is 6.61. The predicted molar refractivity (Wildman–Crippen MR) is 119 cm³/mol. The summed E-state index contributed by atoms with van der Waals surface area (Å²) in [6.07, 6.45) is 8.87. The fourth-order valence-electron chi connectivity index (χ4n) is 4.43. The molecule has 154 valence electrons. The van der Waals surface area contributed by atoms with Gasteiger partial charge < -0.3 is 14.9 Å². The van der Waals surface area contributed by atoms with Crippen molar-refractivity contribution >= 4 is 37.5 Å². The van der Waals surface area contributed by atoms with Gasteiger partial charge in [-0.1, -0.05) is 22.7 Å². The molecule has 0 aliphatic carbocycles. The van der Waals surface area contributed by atoms with E-state index in [9.17, 15) is 5.11 Å². The number of anilines is 1. The molecule has 2 fully saturated rings. The third kappa shape index (κ3) is 2.82. The molecule has 0 amide bonds. The number of H-pyrrole nitrogens is 1. The van der Waals surface area contributed by atoms with Crippen molar-refractivity contribution in [2.24, 2.45) is 0 Å². The minimum absolute atomic E-state index is 0.114. The van der Waals surface area contributed by atoms with E-state index in [4.69, 9.17) is 9.97 Å². The molecule has 0 atom stereocenters. The van der Waals surface area contributed by atoms with Crippen molar-refractivity contribution in [3.8, 4) is 27.6 Å². The lowest BCUT2D eigenvalue weighted by molar-refractivity contribution is 0.135. The topological polar surface area (TPSA) is 94.1 Å². The zero-order chi connectivity index (χ0) is 20.3. The molecule has 2 aliphatic heterocycles. The van der Waals surface area contributed by atoms with Crippen LogP contribution in [0.5, 0.6) is 5.75 Å². The Kier molecular flexibility index (Phi) is 4.09. The van der Waals surface area contributed by atoms with Gasteiger partial charge in [0.25, 0.3) is 0 Å². The van der Waals surface area contributed by atoms with Crippen molar-refractivity contribution < 1.29 is 5.11 Å². The molecule has 0 bridgehead atoms. The number of aromatic nitrogens is 5. The number of pyridine rings is 1. The quantitative estimate of drug-likeness (QED) is 0.504. The van der Waals surface area contributed by atoms with Crippen molar-refractivity contribution in [2.45, 2.75) is 24.8 Å². The summed E-state index contributed by atoms with van der Waals surface area (Å²) in [5.74, 6) is 0.114. The maximum absolute atomic E-state index is 10.5. The van der Waals surface area contributed by atoms with Gasteiger partial charge in [-0.25, -0.2) is 15.0 Å². The summed E-state index contributed by atoms with van der Waals surface area (Å²) < 4.78 is 0. The van der Waals surface area contributed by atoms with E-state index < -0.39 is 0 Å². The highest BCUT2D eigenvalue weighted by molar-refractivity contribution is 7.29. The number of fused-ring (bicyclic) bond motifs is 1. The zero-order valence-corrected chi connectivity index (χ0v) is 18.1. The first-order valence-corrected chi connectivity index (χ1v) is 11.7. The largest absolute Gasteiger partial charge is 0.506 e. The molecule has 2 N–H and O–H groups in total. The highest BCUT2D eigenvalue weighted by atomic mass is 32.1. The first-order chi connectivity index (χ1) is 14.6. The Morgan fingerprint density at radius 2 is 1.83 bits per heavy atom. The molecule has 6 heterocycles. The van der Waals surface area contributed by atoms with E-state index in [1.54, 1.807) is 36.0 Å². The van der Waals surface area contributed by atoms with Crippen molar-refractivity contribution in [3.05, 3.63) is 24.7 Å². The van der Waals surface area contributed by atoms with Gasteiger partial charge in [-0.2, -0.15) is 5.10 Å².